The van der Waals surface area contributed by atoms with Crippen molar-refractivity contribution >= 4 is 13.7 Å². The molecular formula is C51H98N2O6P+. The number of likely N-dealkylation sites (N-methyl/N-ethyl adjacent to an activating group) is 1. The fourth-order valence-corrected chi connectivity index (χ4v) is 7.78. The molecule has 0 aliphatic heterocycles. The van der Waals surface area contributed by atoms with Gasteiger partial charge in [0.15, 0.2) is 0 Å². The number of rotatable bonds is 45. The molecular weight excluding hydrogens is 768 g/mol. The van der Waals surface area contributed by atoms with Crippen molar-refractivity contribution < 1.29 is 32.9 Å². The van der Waals surface area contributed by atoms with E-state index >= 15 is 0 Å². The smallest absolute Gasteiger partial charge is 0.387 e. The fourth-order valence-electron chi connectivity index (χ4n) is 7.05. The molecule has 3 unspecified atom stereocenters. The minimum absolute atomic E-state index is 0.0460. The zero-order chi connectivity index (χ0) is 44.3. The fraction of sp³-hybridized carbons (Fsp3) is 0.824. The van der Waals surface area contributed by atoms with E-state index in [-0.39, 0.29) is 25.5 Å². The molecule has 0 aromatic carbocycles. The molecule has 0 bridgehead atoms. The second-order valence-electron chi connectivity index (χ2n) is 18.2. The molecule has 0 aliphatic rings. The van der Waals surface area contributed by atoms with E-state index in [4.69, 9.17) is 9.05 Å². The highest BCUT2D eigenvalue weighted by Gasteiger charge is 2.27. The van der Waals surface area contributed by atoms with Crippen molar-refractivity contribution in [1.29, 1.82) is 0 Å². The van der Waals surface area contributed by atoms with Gasteiger partial charge >= 0.3 is 7.82 Å². The topological polar surface area (TPSA) is 105 Å². The number of aliphatic hydroxyl groups excluding tert-OH is 1. The van der Waals surface area contributed by atoms with Crippen molar-refractivity contribution in [2.75, 3.05) is 40.9 Å². The largest absolute Gasteiger partial charge is 0.472 e. The van der Waals surface area contributed by atoms with Gasteiger partial charge in [-0.1, -0.05) is 210 Å². The van der Waals surface area contributed by atoms with Crippen molar-refractivity contribution in [3.8, 4) is 0 Å². The SMILES string of the molecule is CCCCCCCC/C=C\C/C=C\CCC(=O)NC(COP(=O)(O)OCC[N+](C)(C)C)C(O)/C=C/CC/C=C/CCCCCCCCCCCCCCCCCCCCC. The Bertz CT molecular complexity index is 1120. The summed E-state index contributed by atoms with van der Waals surface area (Å²) in [6.45, 7) is 4.74. The van der Waals surface area contributed by atoms with Gasteiger partial charge in [-0.15, -0.1) is 0 Å². The molecule has 0 rings (SSSR count). The molecule has 8 nitrogen and oxygen atoms in total. The number of carbonyl (C=O) groups is 1. The Labute approximate surface area is 371 Å². The number of unbranched alkanes of at least 4 members (excludes halogenated alkanes) is 26. The second-order valence-corrected chi connectivity index (χ2v) is 19.6. The normalized spacial score (nSPS) is 14.6. The standard InChI is InChI=1S/C51H97N2O6P/c1-6-8-10-12-14-16-18-20-21-22-23-24-25-26-27-28-29-30-31-33-34-36-38-40-42-44-50(54)49(48-59-60(56,57)58-47-46-53(3,4)5)52-51(55)45-43-41-39-37-35-32-19-17-15-13-11-9-7-2/h32,34-36,39,41-42,44,49-50,54H,6-31,33,37-38,40,43,45-48H2,1-5H3,(H-,52,55,56,57)/p+1/b35-32-,36-34+,41-39-,44-42+. The first kappa shape index (κ1) is 58.5. The van der Waals surface area contributed by atoms with Gasteiger partial charge in [0, 0.05) is 6.42 Å². The minimum Gasteiger partial charge on any atom is -0.387 e. The van der Waals surface area contributed by atoms with Gasteiger partial charge in [0.1, 0.15) is 13.2 Å². The quantitative estimate of drug-likeness (QED) is 0.0244. The first-order valence-electron chi connectivity index (χ1n) is 25.0. The maximum atomic E-state index is 12.8. The summed E-state index contributed by atoms with van der Waals surface area (Å²) in [5.41, 5.74) is 0. The number of phosphoric ester groups is 1. The Balaban J connectivity index is 4.35. The Kier molecular flexibility index (Phi) is 41.6. The predicted octanol–water partition coefficient (Wildman–Crippen LogP) is 14.4. The lowest BCUT2D eigenvalue weighted by molar-refractivity contribution is -0.870. The summed E-state index contributed by atoms with van der Waals surface area (Å²) in [4.78, 5) is 23.1. The van der Waals surface area contributed by atoms with Crippen LogP contribution in [0.2, 0.25) is 0 Å². The van der Waals surface area contributed by atoms with Crippen LogP contribution in [0.15, 0.2) is 48.6 Å². The van der Waals surface area contributed by atoms with Crippen molar-refractivity contribution in [3.05, 3.63) is 48.6 Å². The monoisotopic (exact) mass is 866 g/mol. The van der Waals surface area contributed by atoms with Gasteiger partial charge in [0.25, 0.3) is 0 Å². The van der Waals surface area contributed by atoms with Crippen LogP contribution in [0.25, 0.3) is 0 Å². The Morgan fingerprint density at radius 1 is 0.567 bits per heavy atom. The minimum atomic E-state index is -4.36. The lowest BCUT2D eigenvalue weighted by Gasteiger charge is -2.25. The van der Waals surface area contributed by atoms with Crippen LogP contribution in [0, 0.1) is 0 Å². The highest BCUT2D eigenvalue weighted by Crippen LogP contribution is 2.43. The highest BCUT2D eigenvalue weighted by molar-refractivity contribution is 7.47. The summed E-state index contributed by atoms with van der Waals surface area (Å²) < 4.78 is 23.5. The summed E-state index contributed by atoms with van der Waals surface area (Å²) in [7, 11) is 1.52. The number of hydrogen-bond acceptors (Lipinski definition) is 5. The average molecular weight is 866 g/mol. The van der Waals surface area contributed by atoms with Crippen LogP contribution in [0.1, 0.15) is 219 Å². The molecule has 1 amide bonds. The molecule has 3 N–H and O–H groups in total. The van der Waals surface area contributed by atoms with E-state index in [1.54, 1.807) is 6.08 Å². The number of nitrogens with zero attached hydrogens (tertiary/aromatic N) is 1. The van der Waals surface area contributed by atoms with Crippen LogP contribution in [0.5, 0.6) is 0 Å². The molecule has 0 heterocycles. The molecule has 0 aromatic heterocycles. The lowest BCUT2D eigenvalue weighted by Crippen LogP contribution is -2.45. The molecule has 0 aromatic rings. The van der Waals surface area contributed by atoms with E-state index < -0.39 is 20.0 Å². The number of quaternary nitrogens is 1. The maximum absolute atomic E-state index is 12.8. The number of phosphoric acid groups is 1. The van der Waals surface area contributed by atoms with Crippen LogP contribution in [-0.4, -0.2) is 73.4 Å². The first-order valence-corrected chi connectivity index (χ1v) is 26.5. The number of hydrogen-bond donors (Lipinski definition) is 3. The molecule has 0 radical (unpaired) electrons. The van der Waals surface area contributed by atoms with E-state index in [0.717, 1.165) is 32.1 Å². The van der Waals surface area contributed by atoms with E-state index in [9.17, 15) is 19.4 Å². The van der Waals surface area contributed by atoms with Gasteiger partial charge in [-0.3, -0.25) is 13.8 Å². The Morgan fingerprint density at radius 2 is 0.967 bits per heavy atom. The number of aliphatic hydroxyl groups is 1. The maximum Gasteiger partial charge on any atom is 0.472 e. The van der Waals surface area contributed by atoms with E-state index in [0.29, 0.717) is 17.4 Å². The van der Waals surface area contributed by atoms with E-state index in [1.807, 2.05) is 33.3 Å². The van der Waals surface area contributed by atoms with Crippen LogP contribution in [-0.2, 0) is 18.4 Å². The number of amides is 1. The highest BCUT2D eigenvalue weighted by atomic mass is 31.2. The Morgan fingerprint density at radius 3 is 1.43 bits per heavy atom. The van der Waals surface area contributed by atoms with Crippen LogP contribution < -0.4 is 5.32 Å². The number of allylic oxidation sites excluding steroid dienone is 7. The second kappa shape index (κ2) is 42.7. The van der Waals surface area contributed by atoms with Crippen LogP contribution in [0.3, 0.4) is 0 Å². The molecule has 352 valence electrons. The summed E-state index contributed by atoms with van der Waals surface area (Å²) in [6.07, 6.45) is 55.1. The van der Waals surface area contributed by atoms with Crippen molar-refractivity contribution in [2.45, 2.75) is 231 Å². The van der Waals surface area contributed by atoms with Crippen molar-refractivity contribution in [3.63, 3.8) is 0 Å². The average Bonchev–Trinajstić information content (AvgIpc) is 3.20. The first-order chi connectivity index (χ1) is 29.0. The van der Waals surface area contributed by atoms with E-state index in [2.05, 4.69) is 49.5 Å². The zero-order valence-corrected chi connectivity index (χ0v) is 40.8. The summed E-state index contributed by atoms with van der Waals surface area (Å²) in [5.74, 6) is -0.254. The molecule has 3 atom stereocenters. The van der Waals surface area contributed by atoms with Gasteiger partial charge in [0.05, 0.1) is 39.9 Å². The predicted molar refractivity (Wildman–Crippen MR) is 258 cm³/mol. The summed E-state index contributed by atoms with van der Waals surface area (Å²) in [5, 5.41) is 13.8. The number of nitrogens with one attached hydrogen (secondary N) is 1. The number of carbonyl (C=O) groups excluding carboxylic acids is 1. The van der Waals surface area contributed by atoms with Gasteiger partial charge in [-0.2, -0.15) is 0 Å². The summed E-state index contributed by atoms with van der Waals surface area (Å²) >= 11 is 0. The van der Waals surface area contributed by atoms with Crippen LogP contribution >= 0.6 is 7.82 Å². The van der Waals surface area contributed by atoms with E-state index in [1.165, 1.54) is 161 Å². The van der Waals surface area contributed by atoms with Gasteiger partial charge < -0.3 is 19.8 Å². The molecule has 60 heavy (non-hydrogen) atoms. The van der Waals surface area contributed by atoms with Crippen molar-refractivity contribution in [1.82, 2.24) is 5.32 Å². The third-order valence-electron chi connectivity index (χ3n) is 11.0. The zero-order valence-electron chi connectivity index (χ0n) is 39.9. The Hall–Kier alpha value is -1.54. The molecule has 0 fully saturated rings. The van der Waals surface area contributed by atoms with Crippen LogP contribution in [0.4, 0.5) is 0 Å². The molecule has 9 heteroatoms. The van der Waals surface area contributed by atoms with Crippen molar-refractivity contribution in [2.24, 2.45) is 0 Å². The van der Waals surface area contributed by atoms with Gasteiger partial charge in [-0.25, -0.2) is 4.57 Å². The third-order valence-corrected chi connectivity index (χ3v) is 12.0. The molecule has 0 saturated carbocycles. The molecule has 0 saturated heterocycles. The lowest BCUT2D eigenvalue weighted by atomic mass is 10.0. The molecule has 0 aliphatic carbocycles. The molecule has 0 spiro atoms. The summed E-state index contributed by atoms with van der Waals surface area (Å²) in [6, 6.07) is -0.893. The van der Waals surface area contributed by atoms with Gasteiger partial charge in [0.2, 0.25) is 5.91 Å². The third kappa shape index (κ3) is 44.5. The van der Waals surface area contributed by atoms with Gasteiger partial charge in [-0.05, 0) is 51.4 Å².